The highest BCUT2D eigenvalue weighted by Crippen LogP contribution is 2.27. The Hall–Kier alpha value is -1.62. The van der Waals surface area contributed by atoms with Gasteiger partial charge in [-0.3, -0.25) is 4.79 Å². The van der Waals surface area contributed by atoms with Crippen molar-refractivity contribution < 1.29 is 14.3 Å². The van der Waals surface area contributed by atoms with Crippen LogP contribution in [-0.2, 0) is 0 Å². The molecule has 0 unspecified atom stereocenters. The van der Waals surface area contributed by atoms with E-state index < -0.39 is 11.7 Å². The Bertz CT molecular complexity index is 558. The minimum Gasteiger partial charge on any atom is -0.508 e. The molecule has 3 rings (SSSR count). The minimum absolute atomic E-state index is 0.0906. The van der Waals surface area contributed by atoms with Crippen LogP contribution in [0.5, 0.6) is 5.75 Å². The van der Waals surface area contributed by atoms with Crippen molar-refractivity contribution in [1.82, 2.24) is 10.2 Å². The number of benzene rings is 1. The number of likely N-dealkylation sites (tertiary alicyclic amines) is 1. The molecule has 4 nitrogen and oxygen atoms in total. The SMILES string of the molecule is O=C(NC[C@@H]1CCN(C2CCCCC2)C1)c1cc(O)ccc1F. The fourth-order valence-electron chi connectivity index (χ4n) is 3.83. The molecule has 1 saturated carbocycles. The number of hydrogen-bond acceptors (Lipinski definition) is 3. The van der Waals surface area contributed by atoms with Crippen molar-refractivity contribution >= 4 is 5.91 Å². The number of nitrogens with zero attached hydrogens (tertiary/aromatic N) is 1. The fraction of sp³-hybridized carbons (Fsp3) is 0.611. The van der Waals surface area contributed by atoms with Gasteiger partial charge in [-0.2, -0.15) is 0 Å². The zero-order valence-electron chi connectivity index (χ0n) is 13.4. The van der Waals surface area contributed by atoms with Gasteiger partial charge in [0.1, 0.15) is 11.6 Å². The lowest BCUT2D eigenvalue weighted by atomic mass is 9.94. The van der Waals surface area contributed by atoms with Gasteiger partial charge in [0, 0.05) is 19.1 Å². The molecule has 126 valence electrons. The summed E-state index contributed by atoms with van der Waals surface area (Å²) in [6.45, 7) is 2.69. The number of amides is 1. The van der Waals surface area contributed by atoms with Crippen LogP contribution in [0, 0.1) is 11.7 Å². The summed E-state index contributed by atoms with van der Waals surface area (Å²) < 4.78 is 13.6. The van der Waals surface area contributed by atoms with E-state index in [1.165, 1.54) is 44.2 Å². The van der Waals surface area contributed by atoms with Crippen molar-refractivity contribution in [2.75, 3.05) is 19.6 Å². The van der Waals surface area contributed by atoms with E-state index in [-0.39, 0.29) is 11.3 Å². The van der Waals surface area contributed by atoms with Gasteiger partial charge in [0.25, 0.3) is 5.91 Å². The molecule has 1 saturated heterocycles. The smallest absolute Gasteiger partial charge is 0.254 e. The van der Waals surface area contributed by atoms with E-state index in [1.807, 2.05) is 0 Å². The lowest BCUT2D eigenvalue weighted by Crippen LogP contribution is -2.36. The fourth-order valence-corrected chi connectivity index (χ4v) is 3.83. The van der Waals surface area contributed by atoms with Crippen molar-refractivity contribution in [1.29, 1.82) is 0 Å². The van der Waals surface area contributed by atoms with E-state index in [4.69, 9.17) is 0 Å². The van der Waals surface area contributed by atoms with Crippen molar-refractivity contribution in [3.05, 3.63) is 29.6 Å². The van der Waals surface area contributed by atoms with Crippen LogP contribution in [0.15, 0.2) is 18.2 Å². The predicted molar refractivity (Wildman–Crippen MR) is 87.0 cm³/mol. The van der Waals surface area contributed by atoms with E-state index in [1.54, 1.807) is 0 Å². The van der Waals surface area contributed by atoms with Crippen molar-refractivity contribution in [3.63, 3.8) is 0 Å². The van der Waals surface area contributed by atoms with Gasteiger partial charge in [-0.1, -0.05) is 19.3 Å². The number of rotatable bonds is 4. The molecule has 2 fully saturated rings. The molecule has 1 aliphatic carbocycles. The predicted octanol–water partition coefficient (Wildman–Crippen LogP) is 2.92. The maximum atomic E-state index is 13.6. The number of carbonyl (C=O) groups is 1. The third-order valence-electron chi connectivity index (χ3n) is 5.15. The van der Waals surface area contributed by atoms with Crippen LogP contribution in [0.4, 0.5) is 4.39 Å². The Morgan fingerprint density at radius 2 is 2.04 bits per heavy atom. The Labute approximate surface area is 136 Å². The molecular formula is C18H25FN2O2. The van der Waals surface area contributed by atoms with E-state index in [0.717, 1.165) is 25.6 Å². The molecule has 5 heteroatoms. The molecule has 1 atom stereocenters. The van der Waals surface area contributed by atoms with E-state index >= 15 is 0 Å². The first-order valence-electron chi connectivity index (χ1n) is 8.64. The maximum Gasteiger partial charge on any atom is 0.254 e. The zero-order valence-corrected chi connectivity index (χ0v) is 13.4. The normalized spacial score (nSPS) is 23.1. The number of phenolic OH excluding ortho intramolecular Hbond substituents is 1. The molecule has 0 radical (unpaired) electrons. The third-order valence-corrected chi connectivity index (χ3v) is 5.15. The Morgan fingerprint density at radius 1 is 1.26 bits per heavy atom. The first kappa shape index (κ1) is 16.2. The summed E-state index contributed by atoms with van der Waals surface area (Å²) in [7, 11) is 0. The van der Waals surface area contributed by atoms with Crippen LogP contribution in [-0.4, -0.2) is 41.6 Å². The highest BCUT2D eigenvalue weighted by molar-refractivity contribution is 5.94. The van der Waals surface area contributed by atoms with Crippen molar-refractivity contribution in [3.8, 4) is 5.75 Å². The van der Waals surface area contributed by atoms with Gasteiger partial charge >= 0.3 is 0 Å². The molecule has 1 aromatic rings. The van der Waals surface area contributed by atoms with Gasteiger partial charge in [0.05, 0.1) is 5.56 Å². The second kappa shape index (κ2) is 7.30. The molecule has 1 heterocycles. The summed E-state index contributed by atoms with van der Waals surface area (Å²) in [6.07, 6.45) is 7.71. The van der Waals surface area contributed by atoms with Gasteiger partial charge in [-0.25, -0.2) is 4.39 Å². The highest BCUT2D eigenvalue weighted by atomic mass is 19.1. The average Bonchev–Trinajstić information content (AvgIpc) is 3.05. The monoisotopic (exact) mass is 320 g/mol. The lowest BCUT2D eigenvalue weighted by molar-refractivity contribution is 0.0942. The highest BCUT2D eigenvalue weighted by Gasteiger charge is 2.29. The largest absolute Gasteiger partial charge is 0.508 e. The molecule has 1 amide bonds. The van der Waals surface area contributed by atoms with Crippen LogP contribution in [0.1, 0.15) is 48.9 Å². The lowest BCUT2D eigenvalue weighted by Gasteiger charge is -2.31. The van der Waals surface area contributed by atoms with Gasteiger partial charge in [0.15, 0.2) is 0 Å². The number of phenols is 1. The van der Waals surface area contributed by atoms with E-state index in [0.29, 0.717) is 18.5 Å². The number of halogens is 1. The molecule has 0 aromatic heterocycles. The van der Waals surface area contributed by atoms with E-state index in [9.17, 15) is 14.3 Å². The topological polar surface area (TPSA) is 52.6 Å². The summed E-state index contributed by atoms with van der Waals surface area (Å²) in [6, 6.07) is 4.25. The molecule has 0 bridgehead atoms. The minimum atomic E-state index is -0.601. The Balaban J connectivity index is 1.49. The summed E-state index contributed by atoms with van der Waals surface area (Å²) in [5.41, 5.74) is -0.0906. The van der Waals surface area contributed by atoms with E-state index in [2.05, 4.69) is 10.2 Å². The molecule has 0 spiro atoms. The Kier molecular flexibility index (Phi) is 5.16. The average molecular weight is 320 g/mol. The molecule has 2 aliphatic rings. The summed E-state index contributed by atoms with van der Waals surface area (Å²) in [4.78, 5) is 14.6. The molecule has 2 N–H and O–H groups in total. The van der Waals surface area contributed by atoms with Gasteiger partial charge < -0.3 is 15.3 Å². The number of carbonyl (C=O) groups excluding carboxylic acids is 1. The number of hydrogen-bond donors (Lipinski definition) is 2. The van der Waals surface area contributed by atoms with Crippen molar-refractivity contribution in [2.45, 2.75) is 44.6 Å². The summed E-state index contributed by atoms with van der Waals surface area (Å²) in [5.74, 6) is -0.716. The van der Waals surface area contributed by atoms with Crippen LogP contribution in [0.2, 0.25) is 0 Å². The van der Waals surface area contributed by atoms with Crippen LogP contribution < -0.4 is 5.32 Å². The second-order valence-electron chi connectivity index (χ2n) is 6.82. The first-order chi connectivity index (χ1) is 11.1. The summed E-state index contributed by atoms with van der Waals surface area (Å²) >= 11 is 0. The van der Waals surface area contributed by atoms with Crippen molar-refractivity contribution in [2.24, 2.45) is 5.92 Å². The molecule has 23 heavy (non-hydrogen) atoms. The second-order valence-corrected chi connectivity index (χ2v) is 6.82. The van der Waals surface area contributed by atoms with Crippen LogP contribution in [0.3, 0.4) is 0 Å². The number of nitrogens with one attached hydrogen (secondary N) is 1. The quantitative estimate of drug-likeness (QED) is 0.897. The first-order valence-corrected chi connectivity index (χ1v) is 8.64. The molecule has 1 aliphatic heterocycles. The number of aromatic hydroxyl groups is 1. The molecular weight excluding hydrogens is 295 g/mol. The zero-order chi connectivity index (χ0) is 16.2. The molecule has 1 aromatic carbocycles. The van der Waals surface area contributed by atoms with Gasteiger partial charge in [-0.05, 0) is 49.9 Å². The standard InChI is InChI=1S/C18H25FN2O2/c19-17-7-6-15(22)10-16(17)18(23)20-11-13-8-9-21(12-13)14-4-2-1-3-5-14/h6-7,10,13-14,22H,1-5,8-9,11-12H2,(H,20,23)/t13-/m0/s1. The van der Waals surface area contributed by atoms with Crippen LogP contribution >= 0.6 is 0 Å². The summed E-state index contributed by atoms with van der Waals surface area (Å²) in [5, 5.41) is 12.2. The van der Waals surface area contributed by atoms with Gasteiger partial charge in [-0.15, -0.1) is 0 Å². The third kappa shape index (κ3) is 4.02. The Morgan fingerprint density at radius 3 is 2.83 bits per heavy atom. The van der Waals surface area contributed by atoms with Gasteiger partial charge in [0.2, 0.25) is 0 Å². The maximum absolute atomic E-state index is 13.6. The van der Waals surface area contributed by atoms with Crippen LogP contribution in [0.25, 0.3) is 0 Å².